The van der Waals surface area contributed by atoms with Crippen LogP contribution in [0.5, 0.6) is 5.75 Å². The average molecular weight is 359 g/mol. The van der Waals surface area contributed by atoms with Crippen molar-refractivity contribution in [2.75, 3.05) is 7.11 Å². The summed E-state index contributed by atoms with van der Waals surface area (Å²) < 4.78 is 5.38. The lowest BCUT2D eigenvalue weighted by molar-refractivity contribution is 0.414. The quantitative estimate of drug-likeness (QED) is 0.659. The molecule has 27 heavy (non-hydrogen) atoms. The Balaban J connectivity index is 1.93. The Kier molecular flexibility index (Phi) is 4.65. The molecule has 3 aromatic rings. The Bertz CT molecular complexity index is 990. The minimum Gasteiger partial charge on any atom is -0.497 e. The molecule has 0 spiro atoms. The first kappa shape index (κ1) is 17.7. The van der Waals surface area contributed by atoms with E-state index in [1.54, 1.807) is 7.11 Å². The van der Waals surface area contributed by atoms with Crippen LogP contribution in [0.25, 0.3) is 22.8 Å². The smallest absolute Gasteiger partial charge is 0.178 e. The first-order chi connectivity index (χ1) is 13.0. The lowest BCUT2D eigenvalue weighted by Gasteiger charge is -2.20. The molecule has 1 aromatic carbocycles. The van der Waals surface area contributed by atoms with E-state index in [0.717, 1.165) is 47.1 Å². The maximum absolute atomic E-state index is 5.38. The monoisotopic (exact) mass is 359 g/mol. The van der Waals surface area contributed by atoms with Gasteiger partial charge in [0.2, 0.25) is 0 Å². The molecule has 138 valence electrons. The van der Waals surface area contributed by atoms with Crippen molar-refractivity contribution in [3.05, 3.63) is 58.4 Å². The van der Waals surface area contributed by atoms with E-state index in [1.807, 2.05) is 13.0 Å². The number of fused-ring (bicyclic) bond motifs is 1. The summed E-state index contributed by atoms with van der Waals surface area (Å²) in [6.07, 6.45) is 4.43. The summed E-state index contributed by atoms with van der Waals surface area (Å²) >= 11 is 0. The highest BCUT2D eigenvalue weighted by molar-refractivity contribution is 5.71. The molecular weight excluding hydrogens is 334 g/mol. The van der Waals surface area contributed by atoms with Crippen molar-refractivity contribution in [2.45, 2.75) is 46.5 Å². The molecule has 0 saturated carbocycles. The third-order valence-corrected chi connectivity index (χ3v) is 5.20. The molecule has 2 aromatic heterocycles. The minimum absolute atomic E-state index is 0.729. The van der Waals surface area contributed by atoms with Crippen LogP contribution in [0, 0.1) is 20.8 Å². The number of aromatic nitrogens is 3. The van der Waals surface area contributed by atoms with Gasteiger partial charge in [0.1, 0.15) is 11.4 Å². The number of hydrogen-bond donors (Lipinski definition) is 0. The highest BCUT2D eigenvalue weighted by Gasteiger charge is 2.21. The number of aryl methyl sites for hydroxylation is 4. The molecule has 0 saturated heterocycles. The van der Waals surface area contributed by atoms with Crippen molar-refractivity contribution in [1.82, 2.24) is 15.0 Å². The van der Waals surface area contributed by atoms with E-state index >= 15 is 0 Å². The summed E-state index contributed by atoms with van der Waals surface area (Å²) in [5.41, 5.74) is 8.88. The SMILES string of the molecule is COc1ccc(-c2nc(-c3cc(C)cc(C)n3)nc3c2CCCC3)c(C)c1. The molecule has 4 nitrogen and oxygen atoms in total. The molecule has 1 aliphatic carbocycles. The van der Waals surface area contributed by atoms with E-state index < -0.39 is 0 Å². The zero-order chi connectivity index (χ0) is 19.0. The fourth-order valence-corrected chi connectivity index (χ4v) is 3.92. The summed E-state index contributed by atoms with van der Waals surface area (Å²) in [5.74, 6) is 1.60. The zero-order valence-electron chi connectivity index (χ0n) is 16.5. The molecule has 0 N–H and O–H groups in total. The first-order valence-electron chi connectivity index (χ1n) is 9.55. The fourth-order valence-electron chi connectivity index (χ4n) is 3.92. The first-order valence-corrected chi connectivity index (χ1v) is 9.55. The summed E-state index contributed by atoms with van der Waals surface area (Å²) in [6.45, 7) is 6.22. The minimum atomic E-state index is 0.729. The second kappa shape index (κ2) is 7.10. The van der Waals surface area contributed by atoms with E-state index in [1.165, 1.54) is 35.2 Å². The number of ether oxygens (including phenoxy) is 1. The van der Waals surface area contributed by atoms with Crippen LogP contribution in [0.15, 0.2) is 30.3 Å². The largest absolute Gasteiger partial charge is 0.497 e. The number of pyridine rings is 1. The molecule has 2 heterocycles. The molecule has 0 atom stereocenters. The molecule has 4 rings (SSSR count). The number of hydrogen-bond acceptors (Lipinski definition) is 4. The van der Waals surface area contributed by atoms with Crippen LogP contribution in [0.4, 0.5) is 0 Å². The van der Waals surface area contributed by atoms with Crippen LogP contribution in [-0.2, 0) is 12.8 Å². The van der Waals surface area contributed by atoms with Crippen molar-refractivity contribution in [3.63, 3.8) is 0 Å². The van der Waals surface area contributed by atoms with Gasteiger partial charge in [-0.05, 0) is 87.9 Å². The standard InChI is InChI=1S/C23H25N3O/c1-14-11-16(3)24-21(12-14)23-25-20-8-6-5-7-19(20)22(26-23)18-10-9-17(27-4)13-15(18)2/h9-13H,5-8H2,1-4H3. The molecular formula is C23H25N3O. The van der Waals surface area contributed by atoms with Crippen LogP contribution >= 0.6 is 0 Å². The zero-order valence-corrected chi connectivity index (χ0v) is 16.5. The van der Waals surface area contributed by atoms with Crippen LogP contribution in [0.2, 0.25) is 0 Å². The highest BCUT2D eigenvalue weighted by atomic mass is 16.5. The summed E-state index contributed by atoms with van der Waals surface area (Å²) in [6, 6.07) is 10.3. The third kappa shape index (κ3) is 3.44. The molecule has 1 aliphatic rings. The normalized spacial score (nSPS) is 13.3. The number of nitrogens with zero attached hydrogens (tertiary/aromatic N) is 3. The lowest BCUT2D eigenvalue weighted by Crippen LogP contribution is -2.11. The highest BCUT2D eigenvalue weighted by Crippen LogP contribution is 2.34. The van der Waals surface area contributed by atoms with Gasteiger partial charge < -0.3 is 4.74 Å². The number of benzene rings is 1. The van der Waals surface area contributed by atoms with E-state index in [9.17, 15) is 0 Å². The molecule has 0 aliphatic heterocycles. The maximum atomic E-state index is 5.38. The molecule has 0 bridgehead atoms. The van der Waals surface area contributed by atoms with Crippen LogP contribution in [0.3, 0.4) is 0 Å². The predicted octanol–water partition coefficient (Wildman–Crippen LogP) is 5.02. The van der Waals surface area contributed by atoms with E-state index in [-0.39, 0.29) is 0 Å². The van der Waals surface area contributed by atoms with Gasteiger partial charge >= 0.3 is 0 Å². The van der Waals surface area contributed by atoms with Crippen LogP contribution in [0.1, 0.15) is 40.9 Å². The molecule has 0 radical (unpaired) electrons. The van der Waals surface area contributed by atoms with E-state index in [2.05, 4.69) is 38.1 Å². The van der Waals surface area contributed by atoms with Gasteiger partial charge in [0.25, 0.3) is 0 Å². The number of rotatable bonds is 3. The lowest BCUT2D eigenvalue weighted by atomic mass is 9.90. The van der Waals surface area contributed by atoms with Gasteiger partial charge in [-0.15, -0.1) is 0 Å². The Morgan fingerprint density at radius 1 is 0.889 bits per heavy atom. The topological polar surface area (TPSA) is 47.9 Å². The van der Waals surface area contributed by atoms with Crippen LogP contribution < -0.4 is 4.74 Å². The average Bonchev–Trinajstić information content (AvgIpc) is 2.66. The van der Waals surface area contributed by atoms with Crippen molar-refractivity contribution >= 4 is 0 Å². The van der Waals surface area contributed by atoms with Gasteiger partial charge in [-0.2, -0.15) is 0 Å². The Hall–Kier alpha value is -2.75. The fraction of sp³-hybridized carbons (Fsp3) is 0.348. The summed E-state index contributed by atoms with van der Waals surface area (Å²) in [4.78, 5) is 14.6. The Morgan fingerprint density at radius 3 is 2.44 bits per heavy atom. The molecule has 0 fully saturated rings. The van der Waals surface area contributed by atoms with Gasteiger partial charge in [-0.25, -0.2) is 15.0 Å². The van der Waals surface area contributed by atoms with Crippen molar-refractivity contribution in [1.29, 1.82) is 0 Å². The van der Waals surface area contributed by atoms with E-state index in [0.29, 0.717) is 0 Å². The van der Waals surface area contributed by atoms with Crippen molar-refractivity contribution < 1.29 is 4.74 Å². The molecule has 4 heteroatoms. The Morgan fingerprint density at radius 2 is 1.70 bits per heavy atom. The summed E-state index contributed by atoms with van der Waals surface area (Å²) in [5, 5.41) is 0. The van der Waals surface area contributed by atoms with Crippen LogP contribution in [-0.4, -0.2) is 22.1 Å². The van der Waals surface area contributed by atoms with Gasteiger partial charge in [0.15, 0.2) is 5.82 Å². The van der Waals surface area contributed by atoms with E-state index in [4.69, 9.17) is 19.7 Å². The third-order valence-electron chi connectivity index (χ3n) is 5.20. The van der Waals surface area contributed by atoms with Gasteiger partial charge in [-0.1, -0.05) is 0 Å². The number of methoxy groups -OCH3 is 1. The predicted molar refractivity (Wildman–Crippen MR) is 108 cm³/mol. The second-order valence-electron chi connectivity index (χ2n) is 7.38. The van der Waals surface area contributed by atoms with Crippen molar-refractivity contribution in [2.24, 2.45) is 0 Å². The molecule has 0 unspecified atom stereocenters. The second-order valence-corrected chi connectivity index (χ2v) is 7.38. The molecule has 0 amide bonds. The maximum Gasteiger partial charge on any atom is 0.178 e. The van der Waals surface area contributed by atoms with Crippen molar-refractivity contribution in [3.8, 4) is 28.5 Å². The Labute approximate surface area is 160 Å². The van der Waals surface area contributed by atoms with Gasteiger partial charge in [0, 0.05) is 22.5 Å². The van der Waals surface area contributed by atoms with Gasteiger partial charge in [0.05, 0.1) is 12.8 Å². The summed E-state index contributed by atoms with van der Waals surface area (Å²) in [7, 11) is 1.70. The van der Waals surface area contributed by atoms with Gasteiger partial charge in [-0.3, -0.25) is 0 Å².